The van der Waals surface area contributed by atoms with Crippen LogP contribution in [-0.4, -0.2) is 32.0 Å². The lowest BCUT2D eigenvalue weighted by Crippen LogP contribution is -2.21. The van der Waals surface area contributed by atoms with Gasteiger partial charge in [-0.05, 0) is 23.4 Å². The van der Waals surface area contributed by atoms with Gasteiger partial charge in [0.2, 0.25) is 17.6 Å². The van der Waals surface area contributed by atoms with Crippen LogP contribution in [0, 0.1) is 0 Å². The Kier molecular flexibility index (Phi) is 5.37. The predicted octanol–water partition coefficient (Wildman–Crippen LogP) is 2.70. The number of aromatic nitrogens is 4. The molecule has 0 unspecified atom stereocenters. The summed E-state index contributed by atoms with van der Waals surface area (Å²) in [6, 6.07) is 14.5. The first-order chi connectivity index (χ1) is 12.5. The molecule has 26 heavy (non-hydrogen) atoms. The minimum atomic E-state index is -0.341. The number of halogens is 1. The van der Waals surface area contributed by atoms with Crippen LogP contribution in [0.4, 0.5) is 11.4 Å². The second kappa shape index (κ2) is 7.87. The summed E-state index contributed by atoms with van der Waals surface area (Å²) < 4.78 is 0.771. The molecule has 0 spiro atoms. The van der Waals surface area contributed by atoms with Gasteiger partial charge in [-0.3, -0.25) is 9.59 Å². The Morgan fingerprint density at radius 1 is 1.08 bits per heavy atom. The molecule has 0 saturated carbocycles. The largest absolute Gasteiger partial charge is 0.325 e. The zero-order chi connectivity index (χ0) is 18.5. The molecule has 2 N–H and O–H groups in total. The smallest absolute Gasteiger partial charge is 0.248 e. The van der Waals surface area contributed by atoms with E-state index in [-0.39, 0.29) is 18.4 Å². The fourth-order valence-corrected chi connectivity index (χ4v) is 2.61. The van der Waals surface area contributed by atoms with Gasteiger partial charge in [0.1, 0.15) is 6.54 Å². The van der Waals surface area contributed by atoms with Crippen molar-refractivity contribution < 1.29 is 9.59 Å². The molecule has 0 aliphatic heterocycles. The van der Waals surface area contributed by atoms with Crippen molar-refractivity contribution in [1.29, 1.82) is 0 Å². The standard InChI is InChI=1S/C17H15BrN6O2/c1-11(25)19-14-8-7-13(18)9-15(14)20-16(26)10-24-22-17(21-23-24)12-5-3-2-4-6-12/h2-9H,10H2,1H3,(H,19,25)(H,20,26). The number of rotatable bonds is 5. The number of benzene rings is 2. The van der Waals surface area contributed by atoms with E-state index in [0.29, 0.717) is 17.2 Å². The first-order valence-corrected chi connectivity index (χ1v) is 8.51. The summed E-state index contributed by atoms with van der Waals surface area (Å²) >= 11 is 3.34. The second-order valence-corrected chi connectivity index (χ2v) is 6.34. The molecular formula is C17H15BrN6O2. The zero-order valence-corrected chi connectivity index (χ0v) is 15.4. The molecule has 0 saturated heterocycles. The van der Waals surface area contributed by atoms with Crippen LogP contribution < -0.4 is 10.6 Å². The van der Waals surface area contributed by atoms with Crippen LogP contribution in [0.25, 0.3) is 11.4 Å². The third-order valence-corrected chi connectivity index (χ3v) is 3.83. The molecule has 8 nitrogen and oxygen atoms in total. The minimum Gasteiger partial charge on any atom is -0.325 e. The van der Waals surface area contributed by atoms with E-state index >= 15 is 0 Å². The van der Waals surface area contributed by atoms with E-state index in [0.717, 1.165) is 10.0 Å². The molecule has 3 rings (SSSR count). The van der Waals surface area contributed by atoms with E-state index in [1.807, 2.05) is 30.3 Å². The summed E-state index contributed by atoms with van der Waals surface area (Å²) in [5, 5.41) is 17.5. The van der Waals surface area contributed by atoms with Gasteiger partial charge in [-0.15, -0.1) is 10.2 Å². The van der Waals surface area contributed by atoms with Gasteiger partial charge in [-0.25, -0.2) is 0 Å². The summed E-state index contributed by atoms with van der Waals surface area (Å²) in [5.74, 6) is -0.125. The van der Waals surface area contributed by atoms with Crippen LogP contribution in [0.3, 0.4) is 0 Å². The highest BCUT2D eigenvalue weighted by Gasteiger charge is 2.12. The SMILES string of the molecule is CC(=O)Nc1ccc(Br)cc1NC(=O)Cn1nnc(-c2ccccc2)n1. The summed E-state index contributed by atoms with van der Waals surface area (Å²) in [5.41, 5.74) is 1.80. The lowest BCUT2D eigenvalue weighted by molar-refractivity contribution is -0.117. The van der Waals surface area contributed by atoms with Gasteiger partial charge in [0, 0.05) is 17.0 Å². The van der Waals surface area contributed by atoms with Crippen molar-refractivity contribution in [3.05, 3.63) is 53.0 Å². The molecule has 2 amide bonds. The van der Waals surface area contributed by atoms with Crippen LogP contribution in [0.1, 0.15) is 6.92 Å². The first kappa shape index (κ1) is 17.7. The zero-order valence-electron chi connectivity index (χ0n) is 13.8. The highest BCUT2D eigenvalue weighted by molar-refractivity contribution is 9.10. The minimum absolute atomic E-state index is 0.105. The Morgan fingerprint density at radius 3 is 2.58 bits per heavy atom. The highest BCUT2D eigenvalue weighted by Crippen LogP contribution is 2.26. The molecule has 0 fully saturated rings. The van der Waals surface area contributed by atoms with E-state index in [1.54, 1.807) is 18.2 Å². The summed E-state index contributed by atoms with van der Waals surface area (Å²) in [4.78, 5) is 24.8. The van der Waals surface area contributed by atoms with Gasteiger partial charge in [-0.1, -0.05) is 46.3 Å². The van der Waals surface area contributed by atoms with E-state index in [9.17, 15) is 9.59 Å². The van der Waals surface area contributed by atoms with Crippen molar-refractivity contribution in [2.75, 3.05) is 10.6 Å². The molecule has 132 valence electrons. The molecular weight excluding hydrogens is 400 g/mol. The monoisotopic (exact) mass is 414 g/mol. The predicted molar refractivity (Wildman–Crippen MR) is 100 cm³/mol. The van der Waals surface area contributed by atoms with E-state index in [1.165, 1.54) is 11.7 Å². The van der Waals surface area contributed by atoms with Crippen molar-refractivity contribution in [3.8, 4) is 11.4 Å². The average Bonchev–Trinajstić information content (AvgIpc) is 3.06. The number of nitrogens with zero attached hydrogens (tertiary/aromatic N) is 4. The van der Waals surface area contributed by atoms with Crippen molar-refractivity contribution in [2.24, 2.45) is 0 Å². The molecule has 0 aliphatic carbocycles. The van der Waals surface area contributed by atoms with Gasteiger partial charge in [0.05, 0.1) is 11.4 Å². The molecule has 3 aromatic rings. The second-order valence-electron chi connectivity index (χ2n) is 5.43. The average molecular weight is 415 g/mol. The Bertz CT molecular complexity index is 941. The van der Waals surface area contributed by atoms with Gasteiger partial charge in [0.25, 0.3) is 0 Å². The molecule has 0 bridgehead atoms. The van der Waals surface area contributed by atoms with E-state index in [2.05, 4.69) is 42.0 Å². The first-order valence-electron chi connectivity index (χ1n) is 7.71. The number of hydrogen-bond donors (Lipinski definition) is 2. The highest BCUT2D eigenvalue weighted by atomic mass is 79.9. The lowest BCUT2D eigenvalue weighted by Gasteiger charge is -2.11. The molecule has 1 heterocycles. The van der Waals surface area contributed by atoms with Gasteiger partial charge < -0.3 is 10.6 Å². The van der Waals surface area contributed by atoms with Gasteiger partial charge in [0.15, 0.2) is 0 Å². The number of hydrogen-bond acceptors (Lipinski definition) is 5. The number of amides is 2. The normalized spacial score (nSPS) is 10.4. The molecule has 2 aromatic carbocycles. The van der Waals surface area contributed by atoms with Crippen LogP contribution >= 0.6 is 15.9 Å². The van der Waals surface area contributed by atoms with E-state index < -0.39 is 0 Å². The third-order valence-electron chi connectivity index (χ3n) is 3.34. The Hall–Kier alpha value is -3.07. The topological polar surface area (TPSA) is 102 Å². The third kappa shape index (κ3) is 4.51. The van der Waals surface area contributed by atoms with Crippen LogP contribution in [-0.2, 0) is 16.1 Å². The maximum Gasteiger partial charge on any atom is 0.248 e. The quantitative estimate of drug-likeness (QED) is 0.667. The molecule has 0 atom stereocenters. The van der Waals surface area contributed by atoms with Crippen LogP contribution in [0.5, 0.6) is 0 Å². The van der Waals surface area contributed by atoms with Crippen LogP contribution in [0.15, 0.2) is 53.0 Å². The summed E-state index contributed by atoms with van der Waals surface area (Å²) in [6.45, 7) is 1.30. The number of anilines is 2. The Labute approximate surface area is 157 Å². The number of tetrazole rings is 1. The van der Waals surface area contributed by atoms with Crippen molar-refractivity contribution in [3.63, 3.8) is 0 Å². The molecule has 0 aliphatic rings. The fourth-order valence-electron chi connectivity index (χ4n) is 2.25. The van der Waals surface area contributed by atoms with E-state index in [4.69, 9.17) is 0 Å². The number of carbonyl (C=O) groups excluding carboxylic acids is 2. The molecule has 0 radical (unpaired) electrons. The lowest BCUT2D eigenvalue weighted by atomic mass is 10.2. The van der Waals surface area contributed by atoms with Crippen LogP contribution in [0.2, 0.25) is 0 Å². The van der Waals surface area contributed by atoms with Gasteiger partial charge in [-0.2, -0.15) is 4.80 Å². The Morgan fingerprint density at radius 2 is 1.85 bits per heavy atom. The van der Waals surface area contributed by atoms with Gasteiger partial charge >= 0.3 is 0 Å². The number of nitrogens with one attached hydrogen (secondary N) is 2. The van der Waals surface area contributed by atoms with Crippen molar-refractivity contribution in [1.82, 2.24) is 20.2 Å². The summed E-state index contributed by atoms with van der Waals surface area (Å²) in [7, 11) is 0. The summed E-state index contributed by atoms with van der Waals surface area (Å²) in [6.07, 6.45) is 0. The molecule has 1 aromatic heterocycles. The van der Waals surface area contributed by atoms with Crippen molar-refractivity contribution >= 4 is 39.1 Å². The fraction of sp³-hybridized carbons (Fsp3) is 0.118. The number of carbonyl (C=O) groups is 2. The van der Waals surface area contributed by atoms with Crippen molar-refractivity contribution in [2.45, 2.75) is 13.5 Å². The molecule has 9 heteroatoms. The maximum atomic E-state index is 12.3. The maximum absolute atomic E-state index is 12.3. The Balaban J connectivity index is 1.71.